The Morgan fingerprint density at radius 1 is 0.923 bits per heavy atom. The van der Waals surface area contributed by atoms with E-state index in [1.165, 1.54) is 11.8 Å². The van der Waals surface area contributed by atoms with Gasteiger partial charge in [-0.2, -0.15) is 0 Å². The second-order valence-corrected chi connectivity index (χ2v) is 6.81. The molecule has 2 aliphatic heterocycles. The molecule has 2 aromatic carbocycles. The smallest absolute Gasteiger partial charge is 0.273 e. The number of hydrogen-bond acceptors (Lipinski definition) is 4. The number of nitrogens with zero attached hydrogens (tertiary/aromatic N) is 3. The first-order chi connectivity index (χ1) is 12.7. The Morgan fingerprint density at radius 2 is 1.62 bits per heavy atom. The SMILES string of the molecule is CN1C=CC=C/C1=C1\SC(=Nc2ccccc2)N(c2ccccc2)C1=O. The number of carbonyl (C=O) groups excluding carboxylic acids is 1. The molecule has 128 valence electrons. The number of aliphatic imine (C=N–C) groups is 1. The van der Waals surface area contributed by atoms with Crippen LogP contribution in [0.4, 0.5) is 11.4 Å². The number of hydrogen-bond donors (Lipinski definition) is 0. The van der Waals surface area contributed by atoms with Crippen molar-refractivity contribution in [3.8, 4) is 0 Å². The number of anilines is 1. The molecule has 2 aromatic rings. The number of benzene rings is 2. The van der Waals surface area contributed by atoms with Crippen LogP contribution in [0, 0.1) is 0 Å². The number of amides is 1. The number of para-hydroxylation sites is 2. The van der Waals surface area contributed by atoms with Gasteiger partial charge >= 0.3 is 0 Å². The normalized spacial score (nSPS) is 21.1. The van der Waals surface area contributed by atoms with Gasteiger partial charge in [-0.25, -0.2) is 4.99 Å². The fourth-order valence-corrected chi connectivity index (χ4v) is 3.89. The van der Waals surface area contributed by atoms with Gasteiger partial charge in [0.25, 0.3) is 5.91 Å². The third-order valence-electron chi connectivity index (χ3n) is 4.06. The van der Waals surface area contributed by atoms with Crippen molar-refractivity contribution in [1.82, 2.24) is 4.90 Å². The van der Waals surface area contributed by atoms with Crippen molar-refractivity contribution in [3.63, 3.8) is 0 Å². The highest BCUT2D eigenvalue weighted by atomic mass is 32.2. The van der Waals surface area contributed by atoms with Crippen LogP contribution in [0.2, 0.25) is 0 Å². The average molecular weight is 359 g/mol. The van der Waals surface area contributed by atoms with Gasteiger partial charge in [0, 0.05) is 13.2 Å². The summed E-state index contributed by atoms with van der Waals surface area (Å²) in [6.45, 7) is 0. The Kier molecular flexibility index (Phi) is 4.46. The van der Waals surface area contributed by atoms with Crippen LogP contribution in [0.25, 0.3) is 0 Å². The quantitative estimate of drug-likeness (QED) is 0.731. The molecule has 0 aliphatic carbocycles. The van der Waals surface area contributed by atoms with Crippen LogP contribution in [0.1, 0.15) is 0 Å². The molecule has 0 atom stereocenters. The summed E-state index contributed by atoms with van der Waals surface area (Å²) >= 11 is 1.41. The lowest BCUT2D eigenvalue weighted by Crippen LogP contribution is -2.29. The number of rotatable bonds is 2. The van der Waals surface area contributed by atoms with E-state index in [1.54, 1.807) is 4.90 Å². The minimum absolute atomic E-state index is 0.0577. The fraction of sp³-hybridized carbons (Fsp3) is 0.0476. The van der Waals surface area contributed by atoms with Gasteiger partial charge in [0.05, 0.1) is 17.1 Å². The second-order valence-electron chi connectivity index (χ2n) is 5.83. The van der Waals surface area contributed by atoms with Gasteiger partial charge in [0.2, 0.25) is 0 Å². The highest BCUT2D eigenvalue weighted by molar-refractivity contribution is 8.19. The number of amidine groups is 1. The van der Waals surface area contributed by atoms with Gasteiger partial charge in [-0.1, -0.05) is 42.5 Å². The van der Waals surface area contributed by atoms with Gasteiger partial charge in [0.1, 0.15) is 4.91 Å². The van der Waals surface area contributed by atoms with Crippen molar-refractivity contribution in [2.45, 2.75) is 0 Å². The zero-order chi connectivity index (χ0) is 17.9. The number of allylic oxidation sites excluding steroid dienone is 3. The van der Waals surface area contributed by atoms with E-state index in [9.17, 15) is 4.79 Å². The van der Waals surface area contributed by atoms with Crippen molar-refractivity contribution in [2.75, 3.05) is 11.9 Å². The van der Waals surface area contributed by atoms with Crippen LogP contribution in [0.15, 0.2) is 101 Å². The minimum atomic E-state index is -0.0577. The lowest BCUT2D eigenvalue weighted by molar-refractivity contribution is -0.113. The fourth-order valence-electron chi connectivity index (χ4n) is 2.78. The van der Waals surface area contributed by atoms with Crippen LogP contribution in [0.5, 0.6) is 0 Å². The van der Waals surface area contributed by atoms with Gasteiger partial charge in [-0.3, -0.25) is 9.69 Å². The van der Waals surface area contributed by atoms with E-state index >= 15 is 0 Å². The predicted octanol–water partition coefficient (Wildman–Crippen LogP) is 4.68. The van der Waals surface area contributed by atoms with Crippen molar-refractivity contribution in [3.05, 3.63) is 95.7 Å². The van der Waals surface area contributed by atoms with Crippen LogP contribution in [-0.2, 0) is 4.79 Å². The molecular weight excluding hydrogens is 342 g/mol. The standard InChI is InChI=1S/C21H17N3OS/c1-23-15-9-8-14-18(23)19-20(25)24(17-12-6-3-7-13-17)21(26-19)22-16-10-4-2-5-11-16/h2-15H,1H3/b19-18+,22-21?. The molecular formula is C21H17N3OS. The van der Waals surface area contributed by atoms with E-state index in [0.717, 1.165) is 17.1 Å². The zero-order valence-corrected chi connectivity index (χ0v) is 15.1. The summed E-state index contributed by atoms with van der Waals surface area (Å²) in [5, 5.41) is 0.659. The maximum Gasteiger partial charge on any atom is 0.273 e. The van der Waals surface area contributed by atoms with E-state index in [2.05, 4.69) is 0 Å². The van der Waals surface area contributed by atoms with Gasteiger partial charge in [0.15, 0.2) is 5.17 Å². The number of likely N-dealkylation sites (N-methyl/N-ethyl adjacent to an activating group) is 1. The summed E-state index contributed by atoms with van der Waals surface area (Å²) in [4.78, 5) is 22.3. The molecule has 0 unspecified atom stereocenters. The molecule has 0 aromatic heterocycles. The molecule has 26 heavy (non-hydrogen) atoms. The molecule has 0 saturated carbocycles. The first-order valence-electron chi connectivity index (χ1n) is 8.27. The van der Waals surface area contributed by atoms with E-state index in [4.69, 9.17) is 4.99 Å². The highest BCUT2D eigenvalue weighted by Crippen LogP contribution is 2.39. The molecule has 0 radical (unpaired) electrons. The first kappa shape index (κ1) is 16.4. The molecule has 1 saturated heterocycles. The van der Waals surface area contributed by atoms with Crippen LogP contribution < -0.4 is 4.90 Å². The lowest BCUT2D eigenvalue weighted by atomic mass is 10.2. The number of thioether (sulfide) groups is 1. The van der Waals surface area contributed by atoms with Crippen LogP contribution >= 0.6 is 11.8 Å². The largest absolute Gasteiger partial charge is 0.350 e. The highest BCUT2D eigenvalue weighted by Gasteiger charge is 2.37. The molecule has 5 heteroatoms. The topological polar surface area (TPSA) is 35.9 Å². The molecule has 4 nitrogen and oxygen atoms in total. The number of carbonyl (C=O) groups is 1. The maximum atomic E-state index is 13.2. The molecule has 1 amide bonds. The molecule has 4 rings (SSSR count). The average Bonchev–Trinajstić information content (AvgIpc) is 2.99. The summed E-state index contributed by atoms with van der Waals surface area (Å²) in [5.74, 6) is -0.0577. The summed E-state index contributed by atoms with van der Waals surface area (Å²) in [7, 11) is 1.94. The summed E-state index contributed by atoms with van der Waals surface area (Å²) in [6.07, 6.45) is 7.78. The van der Waals surface area contributed by atoms with Crippen molar-refractivity contribution >= 4 is 34.2 Å². The Balaban J connectivity index is 1.82. The molecule has 2 heterocycles. The molecule has 0 bridgehead atoms. The monoisotopic (exact) mass is 359 g/mol. The Bertz CT molecular complexity index is 946. The lowest BCUT2D eigenvalue weighted by Gasteiger charge is -2.19. The minimum Gasteiger partial charge on any atom is -0.350 e. The van der Waals surface area contributed by atoms with E-state index in [-0.39, 0.29) is 5.91 Å². The third kappa shape index (κ3) is 3.09. The summed E-state index contributed by atoms with van der Waals surface area (Å²) in [5.41, 5.74) is 2.51. The van der Waals surface area contributed by atoms with E-state index in [0.29, 0.717) is 10.1 Å². The van der Waals surface area contributed by atoms with Crippen LogP contribution in [-0.4, -0.2) is 23.0 Å². The van der Waals surface area contributed by atoms with Gasteiger partial charge in [-0.05, 0) is 48.2 Å². The predicted molar refractivity (Wildman–Crippen MR) is 108 cm³/mol. The third-order valence-corrected chi connectivity index (χ3v) is 5.11. The Hall–Kier alpha value is -3.05. The van der Waals surface area contributed by atoms with Gasteiger partial charge < -0.3 is 4.90 Å². The van der Waals surface area contributed by atoms with E-state index in [1.807, 2.05) is 97.0 Å². The Labute approximate surface area is 156 Å². The van der Waals surface area contributed by atoms with Crippen molar-refractivity contribution < 1.29 is 4.79 Å². The second kappa shape index (κ2) is 7.06. The summed E-state index contributed by atoms with van der Waals surface area (Å²) < 4.78 is 0. The van der Waals surface area contributed by atoms with Crippen molar-refractivity contribution in [2.24, 2.45) is 4.99 Å². The molecule has 2 aliphatic rings. The Morgan fingerprint density at radius 3 is 2.31 bits per heavy atom. The molecule has 1 fully saturated rings. The van der Waals surface area contributed by atoms with Gasteiger partial charge in [-0.15, -0.1) is 0 Å². The van der Waals surface area contributed by atoms with Crippen molar-refractivity contribution in [1.29, 1.82) is 0 Å². The van der Waals surface area contributed by atoms with E-state index < -0.39 is 0 Å². The molecule has 0 N–H and O–H groups in total. The summed E-state index contributed by atoms with van der Waals surface area (Å²) in [6, 6.07) is 19.3. The zero-order valence-electron chi connectivity index (χ0n) is 14.2. The first-order valence-corrected chi connectivity index (χ1v) is 9.09. The van der Waals surface area contributed by atoms with Crippen LogP contribution in [0.3, 0.4) is 0 Å². The maximum absolute atomic E-state index is 13.2. The molecule has 0 spiro atoms.